The van der Waals surface area contributed by atoms with Gasteiger partial charge in [-0.05, 0) is 36.6 Å². The van der Waals surface area contributed by atoms with Crippen LogP contribution in [0.4, 0.5) is 24.5 Å². The van der Waals surface area contributed by atoms with Crippen molar-refractivity contribution >= 4 is 17.3 Å². The Labute approximate surface area is 148 Å². The lowest BCUT2D eigenvalue weighted by Crippen LogP contribution is -2.36. The van der Waals surface area contributed by atoms with Crippen molar-refractivity contribution in [2.45, 2.75) is 12.8 Å². The van der Waals surface area contributed by atoms with Crippen molar-refractivity contribution < 1.29 is 18.0 Å². The summed E-state index contributed by atoms with van der Waals surface area (Å²) in [6, 6.07) is 10.9. The molecule has 0 aromatic heterocycles. The number of aryl methyl sites for hydroxylation is 1. The summed E-state index contributed by atoms with van der Waals surface area (Å²) in [4.78, 5) is 14.2. The lowest BCUT2D eigenvalue weighted by molar-refractivity contribution is -0.114. The third kappa shape index (κ3) is 3.26. The number of anilines is 2. The lowest BCUT2D eigenvalue weighted by atomic mass is 10.0. The molecule has 2 aromatic rings. The Hall–Kier alpha value is -3.27. The molecule has 1 aliphatic rings. The van der Waals surface area contributed by atoms with E-state index in [0.29, 0.717) is 6.54 Å². The topological polar surface area (TPSA) is 56.1 Å². The van der Waals surface area contributed by atoms with Crippen molar-refractivity contribution in [3.05, 3.63) is 71.2 Å². The third-order valence-corrected chi connectivity index (χ3v) is 4.11. The second kappa shape index (κ2) is 7.31. The van der Waals surface area contributed by atoms with Gasteiger partial charge >= 0.3 is 0 Å². The maximum atomic E-state index is 13.7. The summed E-state index contributed by atoms with van der Waals surface area (Å²) in [7, 11) is 0. The Morgan fingerprint density at radius 3 is 2.69 bits per heavy atom. The number of para-hydroxylation sites is 1. The Balaban J connectivity index is 1.86. The minimum Gasteiger partial charge on any atom is -0.358 e. The lowest BCUT2D eigenvalue weighted by Gasteiger charge is -2.29. The molecule has 0 saturated heterocycles. The van der Waals surface area contributed by atoms with Gasteiger partial charge in [0.15, 0.2) is 17.5 Å². The quantitative estimate of drug-likeness (QED) is 0.515. The summed E-state index contributed by atoms with van der Waals surface area (Å²) in [5.41, 5.74) is 1.09. The van der Waals surface area contributed by atoms with Gasteiger partial charge in [-0.3, -0.25) is 4.79 Å². The Kier molecular flexibility index (Phi) is 4.94. The monoisotopic (exact) mass is 357 g/mol. The van der Waals surface area contributed by atoms with Crippen LogP contribution in [0.5, 0.6) is 0 Å². The van der Waals surface area contributed by atoms with E-state index >= 15 is 0 Å². The van der Waals surface area contributed by atoms with E-state index in [1.54, 1.807) is 18.2 Å². The molecule has 1 amide bonds. The van der Waals surface area contributed by atoms with Gasteiger partial charge in [0.05, 0.1) is 5.69 Å². The van der Waals surface area contributed by atoms with Crippen LogP contribution in [0.3, 0.4) is 0 Å². The average Bonchev–Trinajstić information content (AvgIpc) is 2.67. The molecule has 7 heteroatoms. The van der Waals surface area contributed by atoms with Crippen LogP contribution in [0.2, 0.25) is 0 Å². The number of hydrogen-bond acceptors (Lipinski definition) is 3. The zero-order valence-electron chi connectivity index (χ0n) is 13.6. The molecule has 0 spiro atoms. The minimum atomic E-state index is -1.63. The van der Waals surface area contributed by atoms with E-state index in [0.717, 1.165) is 42.4 Å². The molecule has 3 rings (SSSR count). The number of carbonyl (C=O) groups is 1. The minimum absolute atomic E-state index is 0.272. The standard InChI is InChI=1S/C19H14F3N3O/c20-14-7-8-15(18(22)17(14)21)24-11-13(10-23)19(26)25-9-3-5-12-4-1-2-6-16(12)25/h1-2,4,6-8,11,24H,3,5,9H2/b13-11-. The average molecular weight is 357 g/mol. The second-order valence-electron chi connectivity index (χ2n) is 5.73. The molecule has 0 radical (unpaired) electrons. The van der Waals surface area contributed by atoms with Gasteiger partial charge < -0.3 is 10.2 Å². The van der Waals surface area contributed by atoms with Crippen molar-refractivity contribution in [3.8, 4) is 6.07 Å². The van der Waals surface area contributed by atoms with Crippen molar-refractivity contribution in [2.75, 3.05) is 16.8 Å². The molecule has 0 atom stereocenters. The predicted octanol–water partition coefficient (Wildman–Crippen LogP) is 3.90. The van der Waals surface area contributed by atoms with E-state index < -0.39 is 23.4 Å². The van der Waals surface area contributed by atoms with Gasteiger partial charge in [0.25, 0.3) is 5.91 Å². The number of nitrogens with zero attached hydrogens (tertiary/aromatic N) is 2. The van der Waals surface area contributed by atoms with Crippen LogP contribution in [-0.2, 0) is 11.2 Å². The van der Waals surface area contributed by atoms with Crippen molar-refractivity contribution in [2.24, 2.45) is 0 Å². The van der Waals surface area contributed by atoms with Gasteiger partial charge in [-0.25, -0.2) is 13.2 Å². The van der Waals surface area contributed by atoms with Crippen molar-refractivity contribution in [1.29, 1.82) is 5.26 Å². The number of nitrogens with one attached hydrogen (secondary N) is 1. The van der Waals surface area contributed by atoms with Crippen LogP contribution >= 0.6 is 0 Å². The van der Waals surface area contributed by atoms with E-state index in [4.69, 9.17) is 0 Å². The van der Waals surface area contributed by atoms with E-state index in [1.807, 2.05) is 12.1 Å². The zero-order valence-corrected chi connectivity index (χ0v) is 13.6. The van der Waals surface area contributed by atoms with Crippen LogP contribution in [0.25, 0.3) is 0 Å². The zero-order chi connectivity index (χ0) is 18.7. The SMILES string of the molecule is N#C/C(=C/Nc1ccc(F)c(F)c1F)C(=O)N1CCCc2ccccc21. The molecule has 4 nitrogen and oxygen atoms in total. The second-order valence-corrected chi connectivity index (χ2v) is 5.73. The highest BCUT2D eigenvalue weighted by Gasteiger charge is 2.25. The predicted molar refractivity (Wildman–Crippen MR) is 90.8 cm³/mol. The summed E-state index contributed by atoms with van der Waals surface area (Å²) in [6.45, 7) is 0.453. The Morgan fingerprint density at radius 1 is 1.15 bits per heavy atom. The number of halogens is 3. The molecule has 1 heterocycles. The number of nitriles is 1. The normalized spacial score (nSPS) is 13.8. The molecule has 0 bridgehead atoms. The first kappa shape index (κ1) is 17.5. The smallest absolute Gasteiger partial charge is 0.270 e. The Morgan fingerprint density at radius 2 is 1.92 bits per heavy atom. The van der Waals surface area contributed by atoms with Gasteiger partial charge in [0, 0.05) is 18.4 Å². The maximum Gasteiger partial charge on any atom is 0.270 e. The molecule has 1 aliphatic heterocycles. The number of fused-ring (bicyclic) bond motifs is 1. The summed E-state index contributed by atoms with van der Waals surface area (Å²) in [6.07, 6.45) is 2.59. The number of benzene rings is 2. The molecule has 0 aliphatic carbocycles. The first-order valence-corrected chi connectivity index (χ1v) is 7.93. The van der Waals surface area contributed by atoms with E-state index in [2.05, 4.69) is 5.32 Å². The largest absolute Gasteiger partial charge is 0.358 e. The molecule has 26 heavy (non-hydrogen) atoms. The van der Waals surface area contributed by atoms with Crippen LogP contribution in [0.15, 0.2) is 48.2 Å². The third-order valence-electron chi connectivity index (χ3n) is 4.11. The van der Waals surface area contributed by atoms with E-state index in [9.17, 15) is 23.2 Å². The Bertz CT molecular complexity index is 934. The van der Waals surface area contributed by atoms with Gasteiger partial charge in [-0.2, -0.15) is 5.26 Å². The van der Waals surface area contributed by atoms with E-state index in [1.165, 1.54) is 4.90 Å². The molecular weight excluding hydrogens is 343 g/mol. The summed E-state index contributed by atoms with van der Waals surface area (Å²) >= 11 is 0. The van der Waals surface area contributed by atoms with Crippen LogP contribution < -0.4 is 10.2 Å². The molecule has 0 unspecified atom stereocenters. The number of amides is 1. The fourth-order valence-electron chi connectivity index (χ4n) is 2.82. The fraction of sp³-hybridized carbons (Fsp3) is 0.158. The van der Waals surface area contributed by atoms with Crippen molar-refractivity contribution in [1.82, 2.24) is 0 Å². The first-order chi connectivity index (χ1) is 12.5. The fourth-order valence-corrected chi connectivity index (χ4v) is 2.82. The van der Waals surface area contributed by atoms with Crippen LogP contribution in [-0.4, -0.2) is 12.5 Å². The molecule has 1 N–H and O–H groups in total. The highest BCUT2D eigenvalue weighted by Crippen LogP contribution is 2.28. The van der Waals surface area contributed by atoms with Crippen LogP contribution in [0, 0.1) is 28.8 Å². The highest BCUT2D eigenvalue weighted by atomic mass is 19.2. The molecular formula is C19H14F3N3O. The summed E-state index contributed by atoms with van der Waals surface area (Å²) < 4.78 is 39.9. The van der Waals surface area contributed by atoms with Gasteiger partial charge in [-0.1, -0.05) is 18.2 Å². The number of carbonyl (C=O) groups excluding carboxylic acids is 1. The number of hydrogen-bond donors (Lipinski definition) is 1. The molecule has 2 aromatic carbocycles. The van der Waals surface area contributed by atoms with Crippen molar-refractivity contribution in [3.63, 3.8) is 0 Å². The number of rotatable bonds is 3. The van der Waals surface area contributed by atoms with Gasteiger partial charge in [-0.15, -0.1) is 0 Å². The first-order valence-electron chi connectivity index (χ1n) is 7.93. The van der Waals surface area contributed by atoms with Crippen LogP contribution in [0.1, 0.15) is 12.0 Å². The summed E-state index contributed by atoms with van der Waals surface area (Å²) in [5.74, 6) is -4.92. The molecule has 0 saturated carbocycles. The molecule has 0 fully saturated rings. The van der Waals surface area contributed by atoms with E-state index in [-0.39, 0.29) is 11.3 Å². The van der Waals surface area contributed by atoms with Gasteiger partial charge in [0.1, 0.15) is 11.6 Å². The summed E-state index contributed by atoms with van der Waals surface area (Å²) in [5, 5.41) is 11.6. The van der Waals surface area contributed by atoms with Gasteiger partial charge in [0.2, 0.25) is 0 Å². The maximum absolute atomic E-state index is 13.7. The molecule has 132 valence electrons. The highest BCUT2D eigenvalue weighted by molar-refractivity contribution is 6.09.